The highest BCUT2D eigenvalue weighted by molar-refractivity contribution is 7.99. The molecule has 0 saturated heterocycles. The molecule has 9 heteroatoms. The number of carbonyl (C=O) groups excluding carboxylic acids is 1. The van der Waals surface area contributed by atoms with Crippen molar-refractivity contribution in [1.82, 2.24) is 14.8 Å². The van der Waals surface area contributed by atoms with Gasteiger partial charge in [-0.3, -0.25) is 9.36 Å². The molecule has 1 aliphatic carbocycles. The number of thiophene rings is 2. The van der Waals surface area contributed by atoms with Gasteiger partial charge in [0.25, 0.3) is 0 Å². The maximum absolute atomic E-state index is 12.9. The molecule has 0 fully saturated rings. The number of anilines is 1. The fourth-order valence-corrected chi connectivity index (χ4v) is 7.61. The number of nitrogens with zero attached hydrogens (tertiary/aromatic N) is 4. The van der Waals surface area contributed by atoms with Crippen molar-refractivity contribution in [2.75, 3.05) is 11.1 Å². The van der Waals surface area contributed by atoms with Crippen LogP contribution >= 0.6 is 34.4 Å². The van der Waals surface area contributed by atoms with Crippen LogP contribution in [0.3, 0.4) is 0 Å². The minimum absolute atomic E-state index is 0.125. The van der Waals surface area contributed by atoms with Gasteiger partial charge in [-0.15, -0.1) is 32.9 Å². The molecule has 6 nitrogen and oxygen atoms in total. The number of nitrogens with one attached hydrogen (secondary N) is 1. The summed E-state index contributed by atoms with van der Waals surface area (Å²) in [7, 11) is 0. The molecule has 0 bridgehead atoms. The Morgan fingerprint density at radius 2 is 2.09 bits per heavy atom. The molecule has 0 aromatic carbocycles. The predicted molar refractivity (Wildman–Crippen MR) is 147 cm³/mol. The van der Waals surface area contributed by atoms with Crippen molar-refractivity contribution in [2.45, 2.75) is 78.9 Å². The van der Waals surface area contributed by atoms with Crippen LogP contribution in [0.1, 0.15) is 73.5 Å². The van der Waals surface area contributed by atoms with E-state index in [0.29, 0.717) is 16.5 Å². The van der Waals surface area contributed by atoms with Crippen LogP contribution in [-0.2, 0) is 17.6 Å². The van der Waals surface area contributed by atoms with Gasteiger partial charge in [0.15, 0.2) is 11.0 Å². The molecule has 3 aromatic rings. The monoisotopic (exact) mass is 527 g/mol. The molecular formula is C26H33N5OS3. The van der Waals surface area contributed by atoms with E-state index in [4.69, 9.17) is 0 Å². The van der Waals surface area contributed by atoms with E-state index in [0.717, 1.165) is 41.4 Å². The Morgan fingerprint density at radius 3 is 2.69 bits per heavy atom. The molecule has 1 N–H and O–H groups in total. The van der Waals surface area contributed by atoms with E-state index in [1.807, 2.05) is 0 Å². The minimum Gasteiger partial charge on any atom is -0.316 e. The third-order valence-corrected chi connectivity index (χ3v) is 10.0. The van der Waals surface area contributed by atoms with Crippen LogP contribution in [0, 0.1) is 36.5 Å². The number of nitriles is 1. The highest BCUT2D eigenvalue weighted by Crippen LogP contribution is 2.44. The molecule has 3 heterocycles. The van der Waals surface area contributed by atoms with E-state index >= 15 is 0 Å². The number of amides is 1. The predicted octanol–water partition coefficient (Wildman–Crippen LogP) is 7.02. The van der Waals surface area contributed by atoms with E-state index in [9.17, 15) is 10.1 Å². The summed E-state index contributed by atoms with van der Waals surface area (Å²) in [6.07, 6.45) is 2.97. The van der Waals surface area contributed by atoms with Crippen molar-refractivity contribution in [1.29, 1.82) is 5.26 Å². The van der Waals surface area contributed by atoms with Crippen LogP contribution in [0.2, 0.25) is 0 Å². The van der Waals surface area contributed by atoms with E-state index in [2.05, 4.69) is 80.0 Å². The van der Waals surface area contributed by atoms with E-state index in [1.54, 1.807) is 22.7 Å². The lowest BCUT2D eigenvalue weighted by Crippen LogP contribution is -2.26. The quantitative estimate of drug-likeness (QED) is 0.348. The van der Waals surface area contributed by atoms with Crippen molar-refractivity contribution in [2.24, 2.45) is 11.3 Å². The number of carbonyl (C=O) groups is 1. The van der Waals surface area contributed by atoms with Crippen LogP contribution < -0.4 is 5.32 Å². The molecule has 35 heavy (non-hydrogen) atoms. The first-order valence-corrected chi connectivity index (χ1v) is 14.7. The number of rotatable bonds is 6. The summed E-state index contributed by atoms with van der Waals surface area (Å²) in [4.78, 5) is 15.4. The zero-order chi connectivity index (χ0) is 25.5. The number of fused-ring (bicyclic) bond motifs is 1. The summed E-state index contributed by atoms with van der Waals surface area (Å²) in [5.41, 5.74) is 4.33. The van der Waals surface area contributed by atoms with Crippen LogP contribution in [0.4, 0.5) is 5.00 Å². The first-order chi connectivity index (χ1) is 16.5. The molecule has 0 aliphatic heterocycles. The van der Waals surface area contributed by atoms with Crippen molar-refractivity contribution in [3.8, 4) is 17.5 Å². The molecule has 1 amide bonds. The highest BCUT2D eigenvalue weighted by Gasteiger charge is 2.32. The van der Waals surface area contributed by atoms with Crippen LogP contribution in [0.15, 0.2) is 10.5 Å². The minimum atomic E-state index is -0.125. The van der Waals surface area contributed by atoms with Crippen LogP contribution in [0.5, 0.6) is 0 Å². The fourth-order valence-electron chi connectivity index (χ4n) is 4.58. The lowest BCUT2D eigenvalue weighted by Gasteiger charge is -2.33. The van der Waals surface area contributed by atoms with Gasteiger partial charge in [-0.2, -0.15) is 5.26 Å². The Bertz CT molecular complexity index is 1290. The largest absolute Gasteiger partial charge is 0.316 e. The zero-order valence-corrected chi connectivity index (χ0v) is 23.9. The standard InChI is InChI=1S/C26H33N5OS3/c1-14(2)31-23(20-12-33-16(4)15(20)3)29-30-25(31)34-13-22(32)28-24-19(11-27)18-9-8-17(26(5,6)7)10-21(18)35-24/h12,14,17H,8-10,13H2,1-7H3,(H,28,32). The Morgan fingerprint density at radius 1 is 1.34 bits per heavy atom. The summed E-state index contributed by atoms with van der Waals surface area (Å²) in [5.74, 6) is 1.52. The van der Waals surface area contributed by atoms with E-state index < -0.39 is 0 Å². The molecule has 1 aliphatic rings. The molecule has 1 unspecified atom stereocenters. The van der Waals surface area contributed by atoms with Gasteiger partial charge in [-0.1, -0.05) is 32.5 Å². The average Bonchev–Trinajstić information content (AvgIpc) is 3.46. The van der Waals surface area contributed by atoms with Gasteiger partial charge in [-0.25, -0.2) is 0 Å². The van der Waals surface area contributed by atoms with Crippen molar-refractivity contribution < 1.29 is 4.79 Å². The second-order valence-corrected chi connectivity index (χ2v) is 13.7. The third kappa shape index (κ3) is 5.20. The Hall–Kier alpha value is -2.15. The SMILES string of the molecule is Cc1scc(-c2nnc(SCC(=O)Nc3sc4c(c3C#N)CCC(C(C)(C)C)C4)n2C(C)C)c1C. The molecule has 0 spiro atoms. The lowest BCUT2D eigenvalue weighted by molar-refractivity contribution is -0.113. The fraction of sp³-hybridized carbons (Fsp3) is 0.538. The first-order valence-electron chi connectivity index (χ1n) is 12.0. The lowest BCUT2D eigenvalue weighted by atomic mass is 9.72. The Balaban J connectivity index is 1.49. The third-order valence-electron chi connectivity index (χ3n) is 6.89. The van der Waals surface area contributed by atoms with Crippen molar-refractivity contribution in [3.05, 3.63) is 31.8 Å². The molecule has 186 valence electrons. The number of aromatic nitrogens is 3. The summed E-state index contributed by atoms with van der Waals surface area (Å²) in [6.45, 7) is 15.3. The topological polar surface area (TPSA) is 83.6 Å². The zero-order valence-electron chi connectivity index (χ0n) is 21.5. The van der Waals surface area contributed by atoms with E-state index in [-0.39, 0.29) is 23.1 Å². The Labute approximate surface area is 220 Å². The smallest absolute Gasteiger partial charge is 0.235 e. The maximum atomic E-state index is 12.9. The number of hydrogen-bond donors (Lipinski definition) is 1. The average molecular weight is 528 g/mol. The first kappa shape index (κ1) is 25.9. The molecule has 0 radical (unpaired) electrons. The molecule has 0 saturated carbocycles. The normalized spacial score (nSPS) is 15.8. The van der Waals surface area contributed by atoms with Gasteiger partial charge in [0.1, 0.15) is 11.1 Å². The molecular weight excluding hydrogens is 495 g/mol. The summed E-state index contributed by atoms with van der Waals surface area (Å²) in [5, 5.41) is 25.3. The van der Waals surface area contributed by atoms with Gasteiger partial charge in [0, 0.05) is 26.7 Å². The maximum Gasteiger partial charge on any atom is 0.235 e. The van der Waals surface area contributed by atoms with Crippen LogP contribution in [0.25, 0.3) is 11.4 Å². The van der Waals surface area contributed by atoms with Gasteiger partial charge in [0.2, 0.25) is 5.91 Å². The van der Waals surface area contributed by atoms with Gasteiger partial charge >= 0.3 is 0 Å². The number of hydrogen-bond acceptors (Lipinski definition) is 7. The Kier molecular flexibility index (Phi) is 7.46. The van der Waals surface area contributed by atoms with E-state index in [1.165, 1.54) is 27.1 Å². The highest BCUT2D eigenvalue weighted by atomic mass is 32.2. The van der Waals surface area contributed by atoms with Crippen molar-refractivity contribution in [3.63, 3.8) is 0 Å². The summed E-state index contributed by atoms with van der Waals surface area (Å²) in [6, 6.07) is 2.51. The summed E-state index contributed by atoms with van der Waals surface area (Å²) < 4.78 is 2.10. The van der Waals surface area contributed by atoms with Gasteiger partial charge < -0.3 is 5.32 Å². The van der Waals surface area contributed by atoms with Gasteiger partial charge in [-0.05, 0) is 69.4 Å². The summed E-state index contributed by atoms with van der Waals surface area (Å²) >= 11 is 4.67. The second kappa shape index (κ2) is 10.1. The van der Waals surface area contributed by atoms with Gasteiger partial charge in [0.05, 0.1) is 11.3 Å². The number of aryl methyl sites for hydroxylation is 1. The van der Waals surface area contributed by atoms with Crippen LogP contribution in [-0.4, -0.2) is 26.4 Å². The second-order valence-electron chi connectivity index (χ2n) is 10.6. The molecule has 3 aromatic heterocycles. The number of thioether (sulfide) groups is 1. The van der Waals surface area contributed by atoms with Crippen molar-refractivity contribution >= 4 is 45.3 Å². The molecule has 4 rings (SSSR count). The molecule has 1 atom stereocenters.